The molecular formula is C15H21N3O4S. The fourth-order valence-corrected chi connectivity index (χ4v) is 2.90. The SMILES string of the molecule is Cc1ccc(N2CC(NC(=O)CCNS(C)(=O)=O)CC2=O)cc1. The number of sulfonamides is 1. The molecule has 1 aromatic rings. The van der Waals surface area contributed by atoms with E-state index in [4.69, 9.17) is 0 Å². The predicted octanol–water partition coefficient (Wildman–Crippen LogP) is 0.156. The Morgan fingerprint density at radius 2 is 1.96 bits per heavy atom. The zero-order valence-corrected chi connectivity index (χ0v) is 14.0. The minimum Gasteiger partial charge on any atom is -0.351 e. The molecule has 0 aliphatic carbocycles. The van der Waals surface area contributed by atoms with Crippen LogP contribution < -0.4 is 14.9 Å². The van der Waals surface area contributed by atoms with Crippen molar-refractivity contribution in [2.75, 3.05) is 24.2 Å². The Morgan fingerprint density at radius 1 is 1.30 bits per heavy atom. The molecule has 0 spiro atoms. The third-order valence-corrected chi connectivity index (χ3v) is 4.28. The van der Waals surface area contributed by atoms with E-state index in [1.54, 1.807) is 4.90 Å². The minimum absolute atomic E-state index is 0.0339. The van der Waals surface area contributed by atoms with Crippen molar-refractivity contribution in [2.24, 2.45) is 0 Å². The molecule has 8 heteroatoms. The van der Waals surface area contributed by atoms with Gasteiger partial charge in [0, 0.05) is 31.6 Å². The first-order valence-corrected chi connectivity index (χ1v) is 9.25. The number of amides is 2. The number of carbonyl (C=O) groups excluding carboxylic acids is 2. The van der Waals surface area contributed by atoms with Gasteiger partial charge in [0.15, 0.2) is 0 Å². The van der Waals surface area contributed by atoms with Gasteiger partial charge in [-0.2, -0.15) is 0 Å². The van der Waals surface area contributed by atoms with Gasteiger partial charge in [0.25, 0.3) is 0 Å². The Kier molecular flexibility index (Phi) is 5.38. The molecule has 1 aliphatic heterocycles. The third kappa shape index (κ3) is 5.33. The van der Waals surface area contributed by atoms with Gasteiger partial charge >= 0.3 is 0 Å². The number of nitrogens with zero attached hydrogens (tertiary/aromatic N) is 1. The monoisotopic (exact) mass is 339 g/mol. The summed E-state index contributed by atoms with van der Waals surface area (Å²) in [7, 11) is -3.30. The van der Waals surface area contributed by atoms with E-state index >= 15 is 0 Å². The molecule has 126 valence electrons. The van der Waals surface area contributed by atoms with E-state index < -0.39 is 10.0 Å². The van der Waals surface area contributed by atoms with Gasteiger partial charge in [0.05, 0.1) is 12.3 Å². The van der Waals surface area contributed by atoms with E-state index in [-0.39, 0.29) is 37.2 Å². The summed E-state index contributed by atoms with van der Waals surface area (Å²) in [4.78, 5) is 25.5. The van der Waals surface area contributed by atoms with Crippen molar-refractivity contribution >= 4 is 27.5 Å². The summed E-state index contributed by atoms with van der Waals surface area (Å²) in [5.74, 6) is -0.307. The lowest BCUT2D eigenvalue weighted by Gasteiger charge is -2.17. The molecule has 0 bridgehead atoms. The molecule has 1 fully saturated rings. The molecule has 1 saturated heterocycles. The second-order valence-electron chi connectivity index (χ2n) is 5.72. The van der Waals surface area contributed by atoms with Crippen LogP contribution >= 0.6 is 0 Å². The molecule has 2 amide bonds. The summed E-state index contributed by atoms with van der Waals surface area (Å²) < 4.78 is 24.1. The Bertz CT molecular complexity index is 685. The van der Waals surface area contributed by atoms with E-state index in [0.29, 0.717) is 6.54 Å². The summed E-state index contributed by atoms with van der Waals surface area (Å²) in [6.07, 6.45) is 1.33. The second-order valence-corrected chi connectivity index (χ2v) is 7.56. The van der Waals surface area contributed by atoms with Crippen LogP contribution in [-0.4, -0.2) is 45.6 Å². The molecule has 23 heavy (non-hydrogen) atoms. The maximum Gasteiger partial charge on any atom is 0.229 e. The van der Waals surface area contributed by atoms with Crippen LogP contribution in [0, 0.1) is 6.92 Å². The van der Waals surface area contributed by atoms with Crippen LogP contribution in [0.5, 0.6) is 0 Å². The molecule has 2 N–H and O–H groups in total. The number of rotatable bonds is 6. The lowest BCUT2D eigenvalue weighted by molar-refractivity contribution is -0.121. The van der Waals surface area contributed by atoms with Crippen molar-refractivity contribution in [2.45, 2.75) is 25.8 Å². The van der Waals surface area contributed by atoms with Crippen molar-refractivity contribution < 1.29 is 18.0 Å². The third-order valence-electron chi connectivity index (χ3n) is 3.55. The van der Waals surface area contributed by atoms with Crippen molar-refractivity contribution in [1.82, 2.24) is 10.0 Å². The number of hydrogen-bond acceptors (Lipinski definition) is 4. The molecule has 1 aromatic carbocycles. The van der Waals surface area contributed by atoms with Gasteiger partial charge in [-0.1, -0.05) is 17.7 Å². The first kappa shape index (κ1) is 17.4. The maximum absolute atomic E-state index is 12.1. The lowest BCUT2D eigenvalue weighted by atomic mass is 10.2. The molecule has 2 rings (SSSR count). The predicted molar refractivity (Wildman–Crippen MR) is 87.5 cm³/mol. The van der Waals surface area contributed by atoms with Crippen LogP contribution in [0.3, 0.4) is 0 Å². The quantitative estimate of drug-likeness (QED) is 0.771. The Balaban J connectivity index is 1.85. The summed E-state index contributed by atoms with van der Waals surface area (Å²) in [6, 6.07) is 7.38. The number of aryl methyl sites for hydroxylation is 1. The lowest BCUT2D eigenvalue weighted by Crippen LogP contribution is -2.38. The number of carbonyl (C=O) groups is 2. The largest absolute Gasteiger partial charge is 0.351 e. The van der Waals surface area contributed by atoms with Gasteiger partial charge in [0.1, 0.15) is 0 Å². The highest BCUT2D eigenvalue weighted by molar-refractivity contribution is 7.88. The van der Waals surface area contributed by atoms with E-state index in [0.717, 1.165) is 17.5 Å². The molecule has 0 radical (unpaired) electrons. The summed E-state index contributed by atoms with van der Waals surface area (Å²) in [5, 5.41) is 2.77. The van der Waals surface area contributed by atoms with Crippen LogP contribution in [0.1, 0.15) is 18.4 Å². The van der Waals surface area contributed by atoms with E-state index in [2.05, 4.69) is 10.0 Å². The summed E-state index contributed by atoms with van der Waals surface area (Å²) in [5.41, 5.74) is 1.93. The fraction of sp³-hybridized carbons (Fsp3) is 0.467. The smallest absolute Gasteiger partial charge is 0.229 e. The number of anilines is 1. The number of hydrogen-bond donors (Lipinski definition) is 2. The van der Waals surface area contributed by atoms with Crippen LogP contribution in [0.25, 0.3) is 0 Å². The normalized spacial score (nSPS) is 18.3. The van der Waals surface area contributed by atoms with Crippen LogP contribution in [0.4, 0.5) is 5.69 Å². The average Bonchev–Trinajstić information content (AvgIpc) is 2.79. The summed E-state index contributed by atoms with van der Waals surface area (Å²) in [6.45, 7) is 2.45. The van der Waals surface area contributed by atoms with Crippen LogP contribution in [0.2, 0.25) is 0 Å². The fourth-order valence-electron chi connectivity index (χ4n) is 2.43. The Morgan fingerprint density at radius 3 is 2.57 bits per heavy atom. The highest BCUT2D eigenvalue weighted by Gasteiger charge is 2.31. The molecule has 1 unspecified atom stereocenters. The first-order chi connectivity index (χ1) is 10.7. The maximum atomic E-state index is 12.1. The van der Waals surface area contributed by atoms with Crippen molar-refractivity contribution in [3.05, 3.63) is 29.8 Å². The van der Waals surface area contributed by atoms with Crippen LogP contribution in [0.15, 0.2) is 24.3 Å². The molecule has 1 heterocycles. The topological polar surface area (TPSA) is 95.6 Å². The summed E-state index contributed by atoms with van der Waals surface area (Å²) >= 11 is 0. The first-order valence-electron chi connectivity index (χ1n) is 7.35. The van der Waals surface area contributed by atoms with E-state index in [9.17, 15) is 18.0 Å². The van der Waals surface area contributed by atoms with Crippen molar-refractivity contribution in [1.29, 1.82) is 0 Å². The average molecular weight is 339 g/mol. The second kappa shape index (κ2) is 7.10. The van der Waals surface area contributed by atoms with Gasteiger partial charge in [0.2, 0.25) is 21.8 Å². The van der Waals surface area contributed by atoms with Crippen molar-refractivity contribution in [3.63, 3.8) is 0 Å². The van der Waals surface area contributed by atoms with Crippen LogP contribution in [-0.2, 0) is 19.6 Å². The molecule has 1 atom stereocenters. The Hall–Kier alpha value is -1.93. The molecule has 0 aromatic heterocycles. The van der Waals surface area contributed by atoms with Gasteiger partial charge < -0.3 is 10.2 Å². The standard InChI is InChI=1S/C15H21N3O4S/c1-11-3-5-13(6-4-11)18-10-12(9-15(18)20)17-14(19)7-8-16-23(2,21)22/h3-6,12,16H,7-10H2,1-2H3,(H,17,19). The number of nitrogens with one attached hydrogen (secondary N) is 2. The molecule has 7 nitrogen and oxygen atoms in total. The van der Waals surface area contributed by atoms with Gasteiger partial charge in [-0.15, -0.1) is 0 Å². The number of benzene rings is 1. The molecular weight excluding hydrogens is 318 g/mol. The van der Waals surface area contributed by atoms with Gasteiger partial charge in [-0.3, -0.25) is 9.59 Å². The zero-order chi connectivity index (χ0) is 17.0. The van der Waals surface area contributed by atoms with Crippen molar-refractivity contribution in [3.8, 4) is 0 Å². The van der Waals surface area contributed by atoms with E-state index in [1.165, 1.54) is 0 Å². The van der Waals surface area contributed by atoms with E-state index in [1.807, 2.05) is 31.2 Å². The van der Waals surface area contributed by atoms with Gasteiger partial charge in [-0.25, -0.2) is 13.1 Å². The Labute approximate surface area is 136 Å². The highest BCUT2D eigenvalue weighted by atomic mass is 32.2. The minimum atomic E-state index is -3.30. The molecule has 0 saturated carbocycles. The van der Waals surface area contributed by atoms with Gasteiger partial charge in [-0.05, 0) is 19.1 Å². The molecule has 1 aliphatic rings. The highest BCUT2D eigenvalue weighted by Crippen LogP contribution is 2.21. The zero-order valence-electron chi connectivity index (χ0n) is 13.2.